The first kappa shape index (κ1) is 12.3. The van der Waals surface area contributed by atoms with Crippen molar-refractivity contribution in [3.63, 3.8) is 0 Å². The van der Waals surface area contributed by atoms with Crippen LogP contribution in [0, 0.1) is 5.92 Å². The van der Waals surface area contributed by atoms with Gasteiger partial charge in [0.25, 0.3) is 0 Å². The molecule has 0 radical (unpaired) electrons. The van der Waals surface area contributed by atoms with Crippen LogP contribution in [0.15, 0.2) is 24.3 Å². The Balaban J connectivity index is 2.56. The molecule has 0 amide bonds. The average molecular weight is 204 g/mol. The lowest BCUT2D eigenvalue weighted by Gasteiger charge is -2.10. The van der Waals surface area contributed by atoms with E-state index in [1.54, 1.807) is 0 Å². The molecule has 0 spiro atoms. The van der Waals surface area contributed by atoms with Crippen LogP contribution in [0.25, 0.3) is 0 Å². The molecule has 1 rings (SSSR count). The Morgan fingerprint density at radius 3 is 2.07 bits per heavy atom. The van der Waals surface area contributed by atoms with Crippen molar-refractivity contribution in [2.45, 2.75) is 52.9 Å². The third kappa shape index (κ3) is 4.07. The lowest BCUT2D eigenvalue weighted by molar-refractivity contribution is 0.586. The highest BCUT2D eigenvalue weighted by atomic mass is 14.1. The van der Waals surface area contributed by atoms with Crippen molar-refractivity contribution < 1.29 is 0 Å². The van der Waals surface area contributed by atoms with E-state index in [0.29, 0.717) is 5.92 Å². The topological polar surface area (TPSA) is 0 Å². The first-order valence-electron chi connectivity index (χ1n) is 6.22. The van der Waals surface area contributed by atoms with E-state index in [1.807, 2.05) is 0 Å². The SMILES string of the molecule is CCC(C)c1ccc(CCC(C)C)cc1. The van der Waals surface area contributed by atoms with Gasteiger partial charge in [-0.2, -0.15) is 0 Å². The van der Waals surface area contributed by atoms with Crippen LogP contribution in [-0.2, 0) is 6.42 Å². The fourth-order valence-electron chi connectivity index (χ4n) is 1.70. The predicted octanol–water partition coefficient (Wildman–Crippen LogP) is 4.79. The molecule has 0 saturated carbocycles. The summed E-state index contributed by atoms with van der Waals surface area (Å²) < 4.78 is 0. The van der Waals surface area contributed by atoms with Crippen molar-refractivity contribution in [2.24, 2.45) is 5.92 Å². The fourth-order valence-corrected chi connectivity index (χ4v) is 1.70. The van der Waals surface area contributed by atoms with Crippen LogP contribution in [0.1, 0.15) is 57.6 Å². The lowest BCUT2D eigenvalue weighted by atomic mass is 9.96. The third-order valence-electron chi connectivity index (χ3n) is 3.17. The summed E-state index contributed by atoms with van der Waals surface area (Å²) in [6, 6.07) is 9.18. The largest absolute Gasteiger partial charge is 0.0648 e. The van der Waals surface area contributed by atoms with Crippen LogP contribution in [0.2, 0.25) is 0 Å². The molecule has 0 heteroatoms. The van der Waals surface area contributed by atoms with Crippen LogP contribution >= 0.6 is 0 Å². The Kier molecular flexibility index (Phi) is 4.87. The molecule has 0 bridgehead atoms. The summed E-state index contributed by atoms with van der Waals surface area (Å²) in [6.45, 7) is 9.11. The van der Waals surface area contributed by atoms with Crippen LogP contribution in [0.3, 0.4) is 0 Å². The average Bonchev–Trinajstić information content (AvgIpc) is 2.26. The Morgan fingerprint density at radius 2 is 1.60 bits per heavy atom. The maximum Gasteiger partial charge on any atom is -0.0193 e. The summed E-state index contributed by atoms with van der Waals surface area (Å²) in [7, 11) is 0. The second kappa shape index (κ2) is 5.95. The van der Waals surface area contributed by atoms with Crippen LogP contribution in [0.5, 0.6) is 0 Å². The molecule has 15 heavy (non-hydrogen) atoms. The monoisotopic (exact) mass is 204 g/mol. The third-order valence-corrected chi connectivity index (χ3v) is 3.17. The Morgan fingerprint density at radius 1 is 1.00 bits per heavy atom. The first-order chi connectivity index (χ1) is 7.13. The van der Waals surface area contributed by atoms with Crippen molar-refractivity contribution in [1.82, 2.24) is 0 Å². The molecule has 0 fully saturated rings. The molecule has 0 aliphatic carbocycles. The first-order valence-corrected chi connectivity index (χ1v) is 6.22. The highest BCUT2D eigenvalue weighted by Gasteiger charge is 2.02. The minimum absolute atomic E-state index is 0.698. The summed E-state index contributed by atoms with van der Waals surface area (Å²) in [5.74, 6) is 1.50. The molecule has 84 valence electrons. The van der Waals surface area contributed by atoms with E-state index in [1.165, 1.54) is 30.4 Å². The van der Waals surface area contributed by atoms with E-state index in [0.717, 1.165) is 5.92 Å². The second-order valence-corrected chi connectivity index (χ2v) is 4.98. The molecular weight excluding hydrogens is 180 g/mol. The van der Waals surface area contributed by atoms with Crippen LogP contribution < -0.4 is 0 Å². The molecule has 1 unspecified atom stereocenters. The van der Waals surface area contributed by atoms with Crippen molar-refractivity contribution in [3.8, 4) is 0 Å². The van der Waals surface area contributed by atoms with Gasteiger partial charge in [-0.3, -0.25) is 0 Å². The summed E-state index contributed by atoms with van der Waals surface area (Å²) in [6.07, 6.45) is 3.74. The van der Waals surface area contributed by atoms with E-state index in [9.17, 15) is 0 Å². The fraction of sp³-hybridized carbons (Fsp3) is 0.600. The molecule has 0 saturated heterocycles. The summed E-state index contributed by atoms with van der Waals surface area (Å²) in [4.78, 5) is 0. The number of hydrogen-bond donors (Lipinski definition) is 0. The molecule has 0 aromatic heterocycles. The van der Waals surface area contributed by atoms with Gasteiger partial charge < -0.3 is 0 Å². The molecule has 1 aromatic carbocycles. The predicted molar refractivity (Wildman–Crippen MR) is 68.3 cm³/mol. The van der Waals surface area contributed by atoms with Gasteiger partial charge in [0, 0.05) is 0 Å². The van der Waals surface area contributed by atoms with E-state index in [4.69, 9.17) is 0 Å². The molecule has 0 nitrogen and oxygen atoms in total. The van der Waals surface area contributed by atoms with Crippen LogP contribution in [0.4, 0.5) is 0 Å². The Bertz CT molecular complexity index is 269. The van der Waals surface area contributed by atoms with Crippen molar-refractivity contribution in [1.29, 1.82) is 0 Å². The zero-order chi connectivity index (χ0) is 11.3. The second-order valence-electron chi connectivity index (χ2n) is 4.98. The van der Waals surface area contributed by atoms with Gasteiger partial charge in [0.15, 0.2) is 0 Å². The quantitative estimate of drug-likeness (QED) is 0.647. The molecule has 1 atom stereocenters. The van der Waals surface area contributed by atoms with E-state index < -0.39 is 0 Å². The maximum absolute atomic E-state index is 2.30. The van der Waals surface area contributed by atoms with Gasteiger partial charge in [0.2, 0.25) is 0 Å². The van der Waals surface area contributed by atoms with Gasteiger partial charge >= 0.3 is 0 Å². The van der Waals surface area contributed by atoms with Gasteiger partial charge in [-0.15, -0.1) is 0 Å². The highest BCUT2D eigenvalue weighted by molar-refractivity contribution is 5.25. The van der Waals surface area contributed by atoms with Gasteiger partial charge in [-0.25, -0.2) is 0 Å². The standard InChI is InChI=1S/C15H24/c1-5-13(4)15-10-8-14(9-11-15)7-6-12(2)3/h8-13H,5-7H2,1-4H3. The minimum Gasteiger partial charge on any atom is -0.0648 e. The van der Waals surface area contributed by atoms with Gasteiger partial charge in [0.1, 0.15) is 0 Å². The number of rotatable bonds is 5. The van der Waals surface area contributed by atoms with Gasteiger partial charge in [-0.1, -0.05) is 52.0 Å². The molecule has 0 aliphatic rings. The minimum atomic E-state index is 0.698. The highest BCUT2D eigenvalue weighted by Crippen LogP contribution is 2.19. The summed E-state index contributed by atoms with van der Waals surface area (Å²) in [5, 5.41) is 0. The smallest absolute Gasteiger partial charge is 0.0193 e. The summed E-state index contributed by atoms with van der Waals surface area (Å²) >= 11 is 0. The zero-order valence-electron chi connectivity index (χ0n) is 10.6. The van der Waals surface area contributed by atoms with Gasteiger partial charge in [-0.05, 0) is 42.2 Å². The van der Waals surface area contributed by atoms with E-state index in [2.05, 4.69) is 52.0 Å². The molecule has 0 aliphatic heterocycles. The van der Waals surface area contributed by atoms with Crippen LogP contribution in [-0.4, -0.2) is 0 Å². The van der Waals surface area contributed by atoms with E-state index in [-0.39, 0.29) is 0 Å². The zero-order valence-corrected chi connectivity index (χ0v) is 10.6. The lowest BCUT2D eigenvalue weighted by Crippen LogP contribution is -1.94. The van der Waals surface area contributed by atoms with E-state index >= 15 is 0 Å². The number of benzene rings is 1. The molecule has 0 N–H and O–H groups in total. The molecule has 0 heterocycles. The normalized spacial score (nSPS) is 13.1. The number of aryl methyl sites for hydroxylation is 1. The number of hydrogen-bond acceptors (Lipinski definition) is 0. The van der Waals surface area contributed by atoms with Crippen molar-refractivity contribution in [2.75, 3.05) is 0 Å². The van der Waals surface area contributed by atoms with Gasteiger partial charge in [0.05, 0.1) is 0 Å². The Hall–Kier alpha value is -0.780. The molecular formula is C15H24. The summed E-state index contributed by atoms with van der Waals surface area (Å²) in [5.41, 5.74) is 2.96. The van der Waals surface area contributed by atoms with Crippen molar-refractivity contribution >= 4 is 0 Å². The molecule has 1 aromatic rings. The maximum atomic E-state index is 2.30. The van der Waals surface area contributed by atoms with Crippen molar-refractivity contribution in [3.05, 3.63) is 35.4 Å². The Labute approximate surface area is 94.7 Å².